The van der Waals surface area contributed by atoms with Crippen molar-refractivity contribution in [3.8, 4) is 90.5 Å². The van der Waals surface area contributed by atoms with Crippen molar-refractivity contribution in [1.29, 1.82) is 0 Å². The van der Waals surface area contributed by atoms with Crippen molar-refractivity contribution < 1.29 is 9.47 Å². The molecule has 56 heavy (non-hydrogen) atoms. The van der Waals surface area contributed by atoms with Gasteiger partial charge in [0.2, 0.25) is 0 Å². The van der Waals surface area contributed by atoms with Gasteiger partial charge in [-0.3, -0.25) is 0 Å². The molecule has 2 aliphatic carbocycles. The lowest BCUT2D eigenvalue weighted by molar-refractivity contribution is 0.359. The number of ether oxygens (including phenoxy) is 2. The maximum Gasteiger partial charge on any atom is 0.170 e. The second-order valence-corrected chi connectivity index (χ2v) is 16.1. The van der Waals surface area contributed by atoms with Gasteiger partial charge in [-0.15, -0.1) is 0 Å². The van der Waals surface area contributed by atoms with Gasteiger partial charge in [-0.25, -0.2) is 15.0 Å². The van der Waals surface area contributed by atoms with Crippen molar-refractivity contribution in [2.45, 2.75) is 38.5 Å². The Morgan fingerprint density at radius 1 is 0.321 bits per heavy atom. The van der Waals surface area contributed by atoms with E-state index in [9.17, 15) is 0 Å². The van der Waals surface area contributed by atoms with Crippen LogP contribution in [0.25, 0.3) is 67.5 Å². The molecular formula is C51H37N3O2. The molecule has 0 spiro atoms. The predicted molar refractivity (Wildman–Crippen MR) is 223 cm³/mol. The standard InChI is InChI=1S/C51H37N3O2/c1-50(2)39-16-10-8-14-35(39)37-24-22-34(26-41(37)50)49-53-47(31-12-6-5-7-13-31)52-48(54-49)32-20-18-30(19-21-32)33-23-25-43-44(27-33)56-46-29-42-38(28-45(46)55-43)36-15-9-11-17-40(36)51(42,3)4/h5-29H,1-4H3. The molecule has 0 saturated heterocycles. The summed E-state index contributed by atoms with van der Waals surface area (Å²) in [7, 11) is 0. The fraction of sp³-hybridized carbons (Fsp3) is 0.118. The van der Waals surface area contributed by atoms with Crippen LogP contribution in [-0.2, 0) is 10.8 Å². The largest absolute Gasteiger partial charge is 0.449 e. The van der Waals surface area contributed by atoms with E-state index in [4.69, 9.17) is 24.4 Å². The molecule has 0 atom stereocenters. The zero-order valence-electron chi connectivity index (χ0n) is 31.6. The highest BCUT2D eigenvalue weighted by atomic mass is 16.6. The molecule has 5 heteroatoms. The second-order valence-electron chi connectivity index (χ2n) is 16.1. The Morgan fingerprint density at radius 3 is 1.48 bits per heavy atom. The van der Waals surface area contributed by atoms with Gasteiger partial charge in [0.25, 0.3) is 0 Å². The summed E-state index contributed by atoms with van der Waals surface area (Å²) in [6.07, 6.45) is 0. The van der Waals surface area contributed by atoms with Gasteiger partial charge in [0, 0.05) is 27.5 Å². The smallest absolute Gasteiger partial charge is 0.170 e. The van der Waals surface area contributed by atoms with Crippen LogP contribution in [0.15, 0.2) is 152 Å². The van der Waals surface area contributed by atoms with Crippen molar-refractivity contribution in [1.82, 2.24) is 15.0 Å². The Hall–Kier alpha value is -6.85. The zero-order valence-corrected chi connectivity index (χ0v) is 31.6. The van der Waals surface area contributed by atoms with E-state index in [1.165, 1.54) is 44.5 Å². The van der Waals surface area contributed by atoms with E-state index in [1.54, 1.807) is 0 Å². The molecule has 5 nitrogen and oxygen atoms in total. The van der Waals surface area contributed by atoms with Crippen LogP contribution in [0.4, 0.5) is 0 Å². The van der Waals surface area contributed by atoms with Gasteiger partial charge in [0.05, 0.1) is 0 Å². The third-order valence-electron chi connectivity index (χ3n) is 12.0. The van der Waals surface area contributed by atoms with Crippen LogP contribution in [-0.4, -0.2) is 15.0 Å². The maximum absolute atomic E-state index is 6.57. The summed E-state index contributed by atoms with van der Waals surface area (Å²) in [5.74, 6) is 4.79. The second kappa shape index (κ2) is 11.8. The van der Waals surface area contributed by atoms with Crippen LogP contribution in [0.2, 0.25) is 0 Å². The lowest BCUT2D eigenvalue weighted by atomic mass is 9.82. The number of hydrogen-bond donors (Lipinski definition) is 0. The van der Waals surface area contributed by atoms with Crippen molar-refractivity contribution in [2.75, 3.05) is 0 Å². The molecule has 3 aliphatic rings. The van der Waals surface area contributed by atoms with Gasteiger partial charge in [0.1, 0.15) is 0 Å². The molecule has 0 bridgehead atoms. The average Bonchev–Trinajstić information content (AvgIpc) is 3.60. The van der Waals surface area contributed by atoms with Crippen LogP contribution >= 0.6 is 0 Å². The molecule has 1 aromatic heterocycles. The Bertz CT molecular complexity index is 2910. The molecule has 8 aromatic rings. The summed E-state index contributed by atoms with van der Waals surface area (Å²) in [6, 6.07) is 52.9. The molecule has 0 amide bonds. The molecule has 0 radical (unpaired) electrons. The summed E-state index contributed by atoms with van der Waals surface area (Å²) < 4.78 is 13.0. The van der Waals surface area contributed by atoms with Gasteiger partial charge < -0.3 is 9.47 Å². The van der Waals surface area contributed by atoms with Gasteiger partial charge in [-0.05, 0) is 86.0 Å². The molecular weight excluding hydrogens is 687 g/mol. The summed E-state index contributed by atoms with van der Waals surface area (Å²) in [4.78, 5) is 15.1. The van der Waals surface area contributed by atoms with Crippen molar-refractivity contribution in [3.05, 3.63) is 174 Å². The maximum atomic E-state index is 6.57. The lowest BCUT2D eigenvalue weighted by Crippen LogP contribution is -2.15. The fourth-order valence-corrected chi connectivity index (χ4v) is 8.96. The normalized spacial score (nSPS) is 14.6. The van der Waals surface area contributed by atoms with Crippen molar-refractivity contribution in [3.63, 3.8) is 0 Å². The molecule has 0 unspecified atom stereocenters. The SMILES string of the molecule is CC1(C)c2ccccc2-c2ccc(-c3nc(-c4ccccc4)nc(-c4ccc(-c5ccc6c(c5)Oc5cc7c(cc5O6)-c5ccccc5C7(C)C)cc4)n3)cc21. The Labute approximate surface area is 326 Å². The quantitative estimate of drug-likeness (QED) is 0.181. The topological polar surface area (TPSA) is 57.1 Å². The summed E-state index contributed by atoms with van der Waals surface area (Å²) in [6.45, 7) is 9.14. The first kappa shape index (κ1) is 32.6. The van der Waals surface area contributed by atoms with Crippen LogP contribution in [0.3, 0.4) is 0 Å². The highest BCUT2D eigenvalue weighted by Gasteiger charge is 2.38. The van der Waals surface area contributed by atoms with E-state index in [2.05, 4.69) is 143 Å². The highest BCUT2D eigenvalue weighted by molar-refractivity contribution is 5.85. The number of benzene rings is 7. The van der Waals surface area contributed by atoms with E-state index in [-0.39, 0.29) is 10.8 Å². The van der Waals surface area contributed by atoms with E-state index in [0.29, 0.717) is 29.0 Å². The van der Waals surface area contributed by atoms with E-state index in [0.717, 1.165) is 39.3 Å². The highest BCUT2D eigenvalue weighted by Crippen LogP contribution is 2.55. The lowest BCUT2D eigenvalue weighted by Gasteiger charge is -2.25. The number of rotatable bonds is 4. The molecule has 268 valence electrons. The Kier molecular flexibility index (Phi) is 6.88. The predicted octanol–water partition coefficient (Wildman–Crippen LogP) is 13.1. The first-order valence-corrected chi connectivity index (χ1v) is 19.2. The minimum atomic E-state index is -0.128. The van der Waals surface area contributed by atoms with Crippen LogP contribution in [0.1, 0.15) is 49.9 Å². The monoisotopic (exact) mass is 723 g/mol. The summed E-state index contributed by atoms with van der Waals surface area (Å²) in [5.41, 5.74) is 14.9. The molecule has 7 aromatic carbocycles. The third-order valence-corrected chi connectivity index (χ3v) is 12.0. The summed E-state index contributed by atoms with van der Waals surface area (Å²) >= 11 is 0. The van der Waals surface area contributed by atoms with Crippen molar-refractivity contribution >= 4 is 0 Å². The molecule has 0 fully saturated rings. The zero-order chi connectivity index (χ0) is 37.8. The minimum Gasteiger partial charge on any atom is -0.449 e. The molecule has 0 N–H and O–H groups in total. The van der Waals surface area contributed by atoms with Crippen molar-refractivity contribution in [2.24, 2.45) is 0 Å². The Morgan fingerprint density at radius 2 is 0.786 bits per heavy atom. The molecule has 11 rings (SSSR count). The van der Waals surface area contributed by atoms with E-state index in [1.807, 2.05) is 36.4 Å². The van der Waals surface area contributed by atoms with Crippen LogP contribution < -0.4 is 9.47 Å². The number of aromatic nitrogens is 3. The fourth-order valence-electron chi connectivity index (χ4n) is 8.96. The molecule has 1 aliphatic heterocycles. The van der Waals surface area contributed by atoms with Gasteiger partial charge in [-0.1, -0.05) is 149 Å². The van der Waals surface area contributed by atoms with Gasteiger partial charge >= 0.3 is 0 Å². The first-order chi connectivity index (χ1) is 27.2. The molecule has 2 heterocycles. The average molecular weight is 724 g/mol. The number of fused-ring (bicyclic) bond motifs is 8. The summed E-state index contributed by atoms with van der Waals surface area (Å²) in [5, 5.41) is 0. The van der Waals surface area contributed by atoms with Gasteiger partial charge in [-0.2, -0.15) is 0 Å². The Balaban J connectivity index is 0.926. The van der Waals surface area contributed by atoms with E-state index >= 15 is 0 Å². The van der Waals surface area contributed by atoms with E-state index < -0.39 is 0 Å². The van der Waals surface area contributed by atoms with Crippen LogP contribution in [0.5, 0.6) is 23.0 Å². The number of nitrogens with zero attached hydrogens (tertiary/aromatic N) is 3. The molecule has 0 saturated carbocycles. The third kappa shape index (κ3) is 4.90. The minimum absolute atomic E-state index is 0.125. The number of hydrogen-bond acceptors (Lipinski definition) is 5. The van der Waals surface area contributed by atoms with Gasteiger partial charge in [0.15, 0.2) is 40.5 Å². The van der Waals surface area contributed by atoms with Crippen LogP contribution in [0, 0.1) is 0 Å². The first-order valence-electron chi connectivity index (χ1n) is 19.2.